The van der Waals surface area contributed by atoms with Gasteiger partial charge in [0.05, 0.1) is 0 Å². The van der Waals surface area contributed by atoms with Gasteiger partial charge in [-0.1, -0.05) is 0 Å². The van der Waals surface area contributed by atoms with Gasteiger partial charge in [0.15, 0.2) is 0 Å². The third-order valence-corrected chi connectivity index (χ3v) is 2.59. The van der Waals surface area contributed by atoms with Crippen molar-refractivity contribution in [2.75, 3.05) is 37.7 Å². The maximum Gasteiger partial charge on any atom is 0.0125 e. The van der Waals surface area contributed by atoms with Crippen LogP contribution >= 0.6 is 25.3 Å². The summed E-state index contributed by atoms with van der Waals surface area (Å²) in [6.07, 6.45) is 0. The van der Waals surface area contributed by atoms with Crippen molar-refractivity contribution in [1.82, 2.24) is 10.2 Å². The Bertz CT molecular complexity index is 135. The molecule has 0 aromatic heterocycles. The third-order valence-electron chi connectivity index (χ3n) is 2.17. The molecule has 86 valence electrons. The Morgan fingerprint density at radius 1 is 1.00 bits per heavy atom. The lowest BCUT2D eigenvalue weighted by atomic mass is 10.1. The summed E-state index contributed by atoms with van der Waals surface area (Å²) in [7, 11) is 0. The highest BCUT2D eigenvalue weighted by molar-refractivity contribution is 7.80. The maximum absolute atomic E-state index is 4.28. The van der Waals surface area contributed by atoms with Gasteiger partial charge in [-0.2, -0.15) is 25.3 Å². The van der Waals surface area contributed by atoms with Crippen LogP contribution in [-0.4, -0.2) is 48.1 Å². The van der Waals surface area contributed by atoms with Gasteiger partial charge in [0.1, 0.15) is 0 Å². The molecule has 2 nitrogen and oxygen atoms in total. The predicted molar refractivity (Wildman–Crippen MR) is 71.9 cm³/mol. The lowest BCUT2D eigenvalue weighted by Gasteiger charge is -2.35. The standard InChI is InChI=1S/C10H24N2S2/c1-10(2,3)12(7-9-14)6-4-11-5-8-13/h11,13-14H,4-9H2,1-3H3. The lowest BCUT2D eigenvalue weighted by molar-refractivity contribution is 0.148. The molecule has 0 unspecified atom stereocenters. The zero-order chi connectivity index (χ0) is 11.0. The first-order valence-electron chi connectivity index (χ1n) is 5.20. The van der Waals surface area contributed by atoms with E-state index < -0.39 is 0 Å². The highest BCUT2D eigenvalue weighted by Gasteiger charge is 2.19. The largest absolute Gasteiger partial charge is 0.315 e. The second-order valence-corrected chi connectivity index (χ2v) is 5.25. The van der Waals surface area contributed by atoms with Gasteiger partial charge in [-0.25, -0.2) is 0 Å². The fourth-order valence-corrected chi connectivity index (χ4v) is 1.72. The fraction of sp³-hybridized carbons (Fsp3) is 1.00. The summed E-state index contributed by atoms with van der Waals surface area (Å²) in [6.45, 7) is 10.9. The molecular formula is C10H24N2S2. The maximum atomic E-state index is 4.28. The van der Waals surface area contributed by atoms with Crippen molar-refractivity contribution < 1.29 is 0 Å². The number of thiol groups is 2. The summed E-state index contributed by atoms with van der Waals surface area (Å²) in [5.74, 6) is 1.83. The van der Waals surface area contributed by atoms with Crippen LogP contribution in [0.5, 0.6) is 0 Å². The van der Waals surface area contributed by atoms with Gasteiger partial charge in [0, 0.05) is 43.2 Å². The van der Waals surface area contributed by atoms with E-state index in [0.29, 0.717) is 0 Å². The van der Waals surface area contributed by atoms with Gasteiger partial charge in [-0.3, -0.25) is 4.90 Å². The fourth-order valence-electron chi connectivity index (χ4n) is 1.32. The predicted octanol–water partition coefficient (Wildman–Crippen LogP) is 1.54. The van der Waals surface area contributed by atoms with Crippen molar-refractivity contribution >= 4 is 25.3 Å². The topological polar surface area (TPSA) is 15.3 Å². The van der Waals surface area contributed by atoms with Crippen LogP contribution in [0.15, 0.2) is 0 Å². The molecule has 0 rings (SSSR count). The highest BCUT2D eigenvalue weighted by atomic mass is 32.1. The monoisotopic (exact) mass is 236 g/mol. The van der Waals surface area contributed by atoms with Crippen LogP contribution in [0.4, 0.5) is 0 Å². The molecule has 0 saturated heterocycles. The Kier molecular flexibility index (Phi) is 8.20. The summed E-state index contributed by atoms with van der Waals surface area (Å²) < 4.78 is 0. The summed E-state index contributed by atoms with van der Waals surface area (Å²) in [5.41, 5.74) is 0.241. The lowest BCUT2D eigenvalue weighted by Crippen LogP contribution is -2.46. The van der Waals surface area contributed by atoms with E-state index in [9.17, 15) is 0 Å². The Labute approximate surface area is 99.6 Å². The van der Waals surface area contributed by atoms with Crippen molar-refractivity contribution in [2.24, 2.45) is 0 Å². The van der Waals surface area contributed by atoms with Crippen molar-refractivity contribution in [1.29, 1.82) is 0 Å². The van der Waals surface area contributed by atoms with Gasteiger partial charge in [-0.15, -0.1) is 0 Å². The van der Waals surface area contributed by atoms with Crippen LogP contribution in [0.1, 0.15) is 20.8 Å². The van der Waals surface area contributed by atoms with Gasteiger partial charge in [0.25, 0.3) is 0 Å². The molecule has 0 fully saturated rings. The first kappa shape index (κ1) is 14.6. The average molecular weight is 236 g/mol. The van der Waals surface area contributed by atoms with Gasteiger partial charge in [-0.05, 0) is 20.8 Å². The van der Waals surface area contributed by atoms with Crippen LogP contribution in [0.25, 0.3) is 0 Å². The molecule has 0 heterocycles. The highest BCUT2D eigenvalue weighted by Crippen LogP contribution is 2.11. The van der Waals surface area contributed by atoms with E-state index in [0.717, 1.165) is 37.7 Å². The smallest absolute Gasteiger partial charge is 0.0125 e. The molecule has 0 bridgehead atoms. The summed E-state index contributed by atoms with van der Waals surface area (Å²) in [5, 5.41) is 3.35. The number of hydrogen-bond acceptors (Lipinski definition) is 4. The third kappa shape index (κ3) is 6.98. The number of nitrogens with zero attached hydrogens (tertiary/aromatic N) is 1. The average Bonchev–Trinajstić information content (AvgIpc) is 2.08. The van der Waals surface area contributed by atoms with E-state index in [4.69, 9.17) is 0 Å². The summed E-state index contributed by atoms with van der Waals surface area (Å²) >= 11 is 8.44. The molecule has 4 heteroatoms. The molecule has 14 heavy (non-hydrogen) atoms. The van der Waals surface area contributed by atoms with Gasteiger partial charge < -0.3 is 5.32 Å². The Balaban J connectivity index is 3.74. The number of hydrogen-bond donors (Lipinski definition) is 3. The minimum absolute atomic E-state index is 0.241. The molecule has 0 aromatic rings. The van der Waals surface area contributed by atoms with Crippen LogP contribution < -0.4 is 5.32 Å². The molecule has 0 radical (unpaired) electrons. The minimum atomic E-state index is 0.241. The SMILES string of the molecule is CC(C)(C)N(CCS)CCNCCS. The van der Waals surface area contributed by atoms with Crippen molar-refractivity contribution in [3.63, 3.8) is 0 Å². The van der Waals surface area contributed by atoms with Crippen molar-refractivity contribution in [2.45, 2.75) is 26.3 Å². The van der Waals surface area contributed by atoms with Gasteiger partial charge in [0.2, 0.25) is 0 Å². The molecule has 0 spiro atoms. The number of nitrogens with one attached hydrogen (secondary N) is 1. The molecule has 0 aliphatic carbocycles. The molecule has 0 aromatic carbocycles. The Morgan fingerprint density at radius 3 is 2.07 bits per heavy atom. The van der Waals surface area contributed by atoms with E-state index in [2.05, 4.69) is 56.2 Å². The van der Waals surface area contributed by atoms with Gasteiger partial charge >= 0.3 is 0 Å². The molecule has 1 N–H and O–H groups in total. The Hall–Kier alpha value is 0.620. The summed E-state index contributed by atoms with van der Waals surface area (Å²) in [4.78, 5) is 2.45. The molecule has 0 atom stereocenters. The second kappa shape index (κ2) is 7.85. The normalized spacial score (nSPS) is 12.4. The van der Waals surface area contributed by atoms with Crippen LogP contribution in [0.2, 0.25) is 0 Å². The second-order valence-electron chi connectivity index (χ2n) is 4.36. The van der Waals surface area contributed by atoms with Crippen molar-refractivity contribution in [3.05, 3.63) is 0 Å². The van der Waals surface area contributed by atoms with E-state index in [-0.39, 0.29) is 5.54 Å². The molecular weight excluding hydrogens is 212 g/mol. The van der Waals surface area contributed by atoms with Crippen LogP contribution in [-0.2, 0) is 0 Å². The van der Waals surface area contributed by atoms with E-state index in [1.54, 1.807) is 0 Å². The van der Waals surface area contributed by atoms with E-state index >= 15 is 0 Å². The summed E-state index contributed by atoms with van der Waals surface area (Å²) in [6, 6.07) is 0. The first-order valence-corrected chi connectivity index (χ1v) is 6.46. The molecule has 0 amide bonds. The molecule has 0 aliphatic rings. The number of rotatable bonds is 7. The molecule has 0 saturated carbocycles. The zero-order valence-electron chi connectivity index (χ0n) is 9.58. The first-order chi connectivity index (χ1) is 6.52. The quantitative estimate of drug-likeness (QED) is 0.459. The van der Waals surface area contributed by atoms with Crippen LogP contribution in [0, 0.1) is 0 Å². The van der Waals surface area contributed by atoms with E-state index in [1.165, 1.54) is 0 Å². The minimum Gasteiger partial charge on any atom is -0.315 e. The van der Waals surface area contributed by atoms with E-state index in [1.807, 2.05) is 0 Å². The van der Waals surface area contributed by atoms with Crippen molar-refractivity contribution in [3.8, 4) is 0 Å². The molecule has 0 aliphatic heterocycles. The van der Waals surface area contributed by atoms with Crippen LogP contribution in [0.3, 0.4) is 0 Å². The zero-order valence-corrected chi connectivity index (χ0v) is 11.4. The Morgan fingerprint density at radius 2 is 1.64 bits per heavy atom.